The van der Waals surface area contributed by atoms with E-state index in [0.29, 0.717) is 10.9 Å². The van der Waals surface area contributed by atoms with Crippen molar-refractivity contribution in [2.24, 2.45) is 0 Å². The summed E-state index contributed by atoms with van der Waals surface area (Å²) in [6, 6.07) is 6.09. The smallest absolute Gasteiger partial charge is 0.165 e. The molecule has 2 aliphatic heterocycles. The van der Waals surface area contributed by atoms with Gasteiger partial charge in [0.25, 0.3) is 0 Å². The highest BCUT2D eigenvalue weighted by atomic mass is 35.5. The van der Waals surface area contributed by atoms with Crippen molar-refractivity contribution in [2.45, 2.75) is 32.2 Å². The SMILES string of the molecule is N#CC(=C1CCN([C@@H](O)N2CCc3[nH]ncc3C2)CC1)c1ccc(Cl)s1. The Morgan fingerprint density at radius 2 is 2.04 bits per heavy atom. The second kappa shape index (κ2) is 7.51. The summed E-state index contributed by atoms with van der Waals surface area (Å²) in [7, 11) is 0. The molecule has 136 valence electrons. The number of piperidine rings is 1. The van der Waals surface area contributed by atoms with E-state index in [1.54, 1.807) is 0 Å². The van der Waals surface area contributed by atoms with Gasteiger partial charge in [-0.3, -0.25) is 14.9 Å². The predicted molar refractivity (Wildman–Crippen MR) is 101 cm³/mol. The Kier molecular flexibility index (Phi) is 5.11. The largest absolute Gasteiger partial charge is 0.365 e. The molecule has 4 rings (SSSR count). The van der Waals surface area contributed by atoms with E-state index in [2.05, 4.69) is 26.1 Å². The number of H-pyrrole nitrogens is 1. The van der Waals surface area contributed by atoms with Crippen molar-refractivity contribution in [3.05, 3.63) is 44.4 Å². The summed E-state index contributed by atoms with van der Waals surface area (Å²) >= 11 is 7.46. The van der Waals surface area contributed by atoms with Crippen molar-refractivity contribution in [2.75, 3.05) is 19.6 Å². The van der Waals surface area contributed by atoms with Gasteiger partial charge in [0.05, 0.1) is 16.1 Å². The molecule has 0 saturated carbocycles. The quantitative estimate of drug-likeness (QED) is 0.789. The number of nitrogens with one attached hydrogen (secondary N) is 1. The predicted octanol–water partition coefficient (Wildman–Crippen LogP) is 2.83. The monoisotopic (exact) mass is 389 g/mol. The van der Waals surface area contributed by atoms with Crippen LogP contribution in [0.5, 0.6) is 0 Å². The Hall–Kier alpha value is -1.69. The number of fused-ring (bicyclic) bond motifs is 1. The van der Waals surface area contributed by atoms with Gasteiger partial charge in [-0.2, -0.15) is 10.4 Å². The highest BCUT2D eigenvalue weighted by Crippen LogP contribution is 2.33. The maximum absolute atomic E-state index is 10.8. The van der Waals surface area contributed by atoms with Crippen LogP contribution in [0.3, 0.4) is 0 Å². The van der Waals surface area contributed by atoms with E-state index in [1.165, 1.54) is 17.0 Å². The first-order valence-electron chi connectivity index (χ1n) is 8.71. The van der Waals surface area contributed by atoms with Crippen LogP contribution in [0.1, 0.15) is 29.0 Å². The Labute approximate surface area is 161 Å². The Morgan fingerprint density at radius 3 is 2.73 bits per heavy atom. The number of aromatic amines is 1. The highest BCUT2D eigenvalue weighted by Gasteiger charge is 2.29. The second-order valence-electron chi connectivity index (χ2n) is 6.67. The van der Waals surface area contributed by atoms with Crippen LogP contribution in [-0.2, 0) is 13.0 Å². The average molecular weight is 390 g/mol. The fourth-order valence-electron chi connectivity index (χ4n) is 3.70. The van der Waals surface area contributed by atoms with Crippen LogP contribution in [0.25, 0.3) is 5.57 Å². The summed E-state index contributed by atoms with van der Waals surface area (Å²) in [5.74, 6) is 0. The molecule has 0 unspecified atom stereocenters. The van der Waals surface area contributed by atoms with E-state index >= 15 is 0 Å². The summed E-state index contributed by atoms with van der Waals surface area (Å²) < 4.78 is 0.699. The number of hydrogen-bond acceptors (Lipinski definition) is 6. The molecule has 6 nitrogen and oxygen atoms in total. The van der Waals surface area contributed by atoms with Gasteiger partial charge >= 0.3 is 0 Å². The molecule has 2 aromatic rings. The molecule has 0 amide bonds. The summed E-state index contributed by atoms with van der Waals surface area (Å²) in [6.45, 7) is 3.01. The van der Waals surface area contributed by atoms with Crippen LogP contribution in [0.15, 0.2) is 23.9 Å². The molecule has 0 spiro atoms. The number of likely N-dealkylation sites (tertiary alicyclic amines) is 1. The van der Waals surface area contributed by atoms with Crippen LogP contribution < -0.4 is 0 Å². The van der Waals surface area contributed by atoms with Crippen molar-refractivity contribution in [3.8, 4) is 6.07 Å². The highest BCUT2D eigenvalue weighted by molar-refractivity contribution is 7.17. The van der Waals surface area contributed by atoms with Gasteiger partial charge in [-0.25, -0.2) is 0 Å². The standard InChI is InChI=1S/C18H20ClN5OS/c19-17-2-1-16(26-17)14(9-20)12-3-6-23(7-4-12)18(25)24-8-5-15-13(11-24)10-21-22-15/h1-2,10,18,25H,3-8,11H2,(H,21,22)/t18-/m1/s1. The number of nitrogens with zero attached hydrogens (tertiary/aromatic N) is 4. The van der Waals surface area contributed by atoms with Gasteiger partial charge in [0.1, 0.15) is 6.07 Å². The first kappa shape index (κ1) is 17.7. The molecule has 1 fully saturated rings. The molecule has 0 aliphatic carbocycles. The van der Waals surface area contributed by atoms with E-state index < -0.39 is 6.35 Å². The van der Waals surface area contributed by atoms with Crippen LogP contribution >= 0.6 is 22.9 Å². The molecule has 2 aliphatic rings. The zero-order valence-corrected chi connectivity index (χ0v) is 15.9. The van der Waals surface area contributed by atoms with Gasteiger partial charge in [-0.1, -0.05) is 11.6 Å². The zero-order valence-electron chi connectivity index (χ0n) is 14.3. The normalized spacial score (nSPS) is 19.8. The van der Waals surface area contributed by atoms with E-state index in [0.717, 1.165) is 60.5 Å². The molecule has 2 aromatic heterocycles. The molecule has 0 aromatic carbocycles. The number of thiophene rings is 1. The second-order valence-corrected chi connectivity index (χ2v) is 8.39. The lowest BCUT2D eigenvalue weighted by atomic mass is 9.97. The average Bonchev–Trinajstić information content (AvgIpc) is 3.30. The first-order chi connectivity index (χ1) is 12.7. The minimum Gasteiger partial charge on any atom is -0.365 e. The van der Waals surface area contributed by atoms with Crippen molar-refractivity contribution < 1.29 is 5.11 Å². The molecule has 0 radical (unpaired) electrons. The van der Waals surface area contributed by atoms with E-state index in [4.69, 9.17) is 11.6 Å². The van der Waals surface area contributed by atoms with Gasteiger partial charge in [-0.05, 0) is 30.5 Å². The summed E-state index contributed by atoms with van der Waals surface area (Å²) in [5, 5.41) is 27.5. The Morgan fingerprint density at radius 1 is 1.27 bits per heavy atom. The lowest BCUT2D eigenvalue weighted by Crippen LogP contribution is -2.51. The summed E-state index contributed by atoms with van der Waals surface area (Å²) in [6.07, 6.45) is 3.71. The first-order valence-corrected chi connectivity index (χ1v) is 9.90. The fourth-order valence-corrected chi connectivity index (χ4v) is 4.79. The molecule has 4 heterocycles. The van der Waals surface area contributed by atoms with Crippen molar-refractivity contribution in [1.29, 1.82) is 5.26 Å². The van der Waals surface area contributed by atoms with E-state index in [1.807, 2.05) is 18.3 Å². The van der Waals surface area contributed by atoms with Crippen LogP contribution in [0.2, 0.25) is 4.34 Å². The third-order valence-corrected chi connectivity index (χ3v) is 6.42. The van der Waals surface area contributed by atoms with Crippen molar-refractivity contribution >= 4 is 28.5 Å². The van der Waals surface area contributed by atoms with Gasteiger partial charge < -0.3 is 5.11 Å². The van der Waals surface area contributed by atoms with E-state index in [-0.39, 0.29) is 0 Å². The number of halogens is 1. The number of aliphatic hydroxyl groups is 1. The number of rotatable bonds is 3. The number of aliphatic hydroxyl groups excluding tert-OH is 1. The van der Waals surface area contributed by atoms with E-state index in [9.17, 15) is 10.4 Å². The number of nitriles is 1. The molecular formula is C18H20ClN5OS. The minimum atomic E-state index is -0.596. The minimum absolute atomic E-state index is 0.596. The summed E-state index contributed by atoms with van der Waals surface area (Å²) in [4.78, 5) is 5.10. The summed E-state index contributed by atoms with van der Waals surface area (Å²) in [5.41, 5.74) is 4.24. The van der Waals surface area contributed by atoms with Gasteiger partial charge in [0.2, 0.25) is 0 Å². The number of aromatic nitrogens is 2. The maximum atomic E-state index is 10.8. The third-order valence-electron chi connectivity index (χ3n) is 5.17. The lowest BCUT2D eigenvalue weighted by Gasteiger charge is -2.40. The fraction of sp³-hybridized carbons (Fsp3) is 0.444. The molecule has 1 atom stereocenters. The maximum Gasteiger partial charge on any atom is 0.165 e. The number of allylic oxidation sites excluding steroid dienone is 1. The van der Waals surface area contributed by atoms with Crippen LogP contribution in [0.4, 0.5) is 0 Å². The van der Waals surface area contributed by atoms with Crippen LogP contribution in [-0.4, -0.2) is 51.1 Å². The Balaban J connectivity index is 1.42. The molecule has 0 bridgehead atoms. The molecule has 26 heavy (non-hydrogen) atoms. The number of hydrogen-bond donors (Lipinski definition) is 2. The topological polar surface area (TPSA) is 79.2 Å². The van der Waals surface area contributed by atoms with Gasteiger partial charge in [0.15, 0.2) is 6.35 Å². The zero-order chi connectivity index (χ0) is 18.1. The van der Waals surface area contributed by atoms with Gasteiger partial charge in [0, 0.05) is 48.7 Å². The lowest BCUT2D eigenvalue weighted by molar-refractivity contribution is -0.121. The molecule has 2 N–H and O–H groups in total. The Bertz CT molecular complexity index is 857. The molecule has 1 saturated heterocycles. The third kappa shape index (κ3) is 3.43. The van der Waals surface area contributed by atoms with Crippen LogP contribution in [0, 0.1) is 11.3 Å². The van der Waals surface area contributed by atoms with Crippen molar-refractivity contribution in [1.82, 2.24) is 20.0 Å². The van der Waals surface area contributed by atoms with Crippen molar-refractivity contribution in [3.63, 3.8) is 0 Å². The van der Waals surface area contributed by atoms with Gasteiger partial charge in [-0.15, -0.1) is 11.3 Å². The molecule has 8 heteroatoms. The molecular weight excluding hydrogens is 370 g/mol.